The summed E-state index contributed by atoms with van der Waals surface area (Å²) in [5.74, 6) is 0.678. The van der Waals surface area contributed by atoms with Crippen molar-refractivity contribution < 1.29 is 28.5 Å². The van der Waals surface area contributed by atoms with E-state index >= 15 is 0 Å². The molecule has 0 bridgehead atoms. The number of esters is 1. The van der Waals surface area contributed by atoms with Gasteiger partial charge in [0.2, 0.25) is 0 Å². The lowest BCUT2D eigenvalue weighted by Gasteiger charge is -2.04. The van der Waals surface area contributed by atoms with Crippen LogP contribution in [0.4, 0.5) is 4.79 Å². The van der Waals surface area contributed by atoms with Crippen molar-refractivity contribution in [2.45, 2.75) is 34.6 Å². The van der Waals surface area contributed by atoms with Crippen molar-refractivity contribution in [3.8, 4) is 11.5 Å². The highest BCUT2D eigenvalue weighted by Crippen LogP contribution is 2.12. The second-order valence-electron chi connectivity index (χ2n) is 4.18. The molecule has 0 amide bonds. The molecule has 158 valence electrons. The van der Waals surface area contributed by atoms with Gasteiger partial charge in [-0.05, 0) is 24.3 Å². The van der Waals surface area contributed by atoms with Gasteiger partial charge in [-0.3, -0.25) is 4.79 Å². The number of carbonyl (C=O) groups is 2. The van der Waals surface area contributed by atoms with Crippen LogP contribution in [-0.2, 0) is 14.3 Å². The topological polar surface area (TPSA) is 71.1 Å². The Balaban J connectivity index is -0.000000437. The molecule has 0 saturated heterocycles. The number of ether oxygens (including phenoxy) is 4. The summed E-state index contributed by atoms with van der Waals surface area (Å²) in [4.78, 5) is 20.9. The average molecular weight is 395 g/mol. The molecule has 0 N–H and O–H groups in total. The molecule has 2 aromatic carbocycles. The Labute approximate surface area is 169 Å². The number of benzene rings is 2. The van der Waals surface area contributed by atoms with E-state index in [-0.39, 0.29) is 5.97 Å². The monoisotopic (exact) mass is 394 g/mol. The molecule has 0 fully saturated rings. The third-order valence-electron chi connectivity index (χ3n) is 2.18. The van der Waals surface area contributed by atoms with Crippen LogP contribution < -0.4 is 9.47 Å². The van der Waals surface area contributed by atoms with Crippen molar-refractivity contribution in [1.82, 2.24) is 0 Å². The van der Waals surface area contributed by atoms with Crippen molar-refractivity contribution in [1.29, 1.82) is 0 Å². The van der Waals surface area contributed by atoms with Gasteiger partial charge in [0.05, 0.1) is 7.11 Å². The Kier molecular flexibility index (Phi) is 25.8. The third kappa shape index (κ3) is 21.2. The lowest BCUT2D eigenvalue weighted by molar-refractivity contribution is -0.137. The van der Waals surface area contributed by atoms with Gasteiger partial charge < -0.3 is 18.9 Å². The van der Waals surface area contributed by atoms with Crippen LogP contribution in [0.1, 0.15) is 34.6 Å². The van der Waals surface area contributed by atoms with Gasteiger partial charge in [-0.25, -0.2) is 4.79 Å². The van der Waals surface area contributed by atoms with E-state index < -0.39 is 6.16 Å². The van der Waals surface area contributed by atoms with E-state index in [1.165, 1.54) is 14.0 Å². The first-order chi connectivity index (χ1) is 13.5. The predicted octanol–water partition coefficient (Wildman–Crippen LogP) is 5.76. The summed E-state index contributed by atoms with van der Waals surface area (Å²) in [6.45, 7) is 9.36. The molecule has 0 aliphatic rings. The van der Waals surface area contributed by atoms with Gasteiger partial charge in [-0.15, -0.1) is 0 Å². The minimum Gasteiger partial charge on any atom is -0.469 e. The highest BCUT2D eigenvalue weighted by molar-refractivity contribution is 5.67. The average Bonchev–Trinajstić information content (AvgIpc) is 2.73. The molecule has 0 spiro atoms. The van der Waals surface area contributed by atoms with Crippen molar-refractivity contribution in [2.75, 3.05) is 21.3 Å². The van der Waals surface area contributed by atoms with Gasteiger partial charge in [0.1, 0.15) is 11.5 Å². The van der Waals surface area contributed by atoms with E-state index in [4.69, 9.17) is 9.47 Å². The van der Waals surface area contributed by atoms with Gasteiger partial charge in [0.25, 0.3) is 0 Å². The number of methoxy groups -OCH3 is 2. The van der Waals surface area contributed by atoms with Crippen LogP contribution in [-0.4, -0.2) is 33.5 Å². The first-order valence-corrected chi connectivity index (χ1v) is 8.97. The standard InChI is InChI=1S/C13H10O3.C3H6O2.C2H6O.2C2H6/c14-13(15-11-7-3-1-4-8-11)16-12-9-5-2-6-10-12;1-3(4)5-2;1-3-2;2*1-2/h1-10H;1-2H3;1-2H3;2*1-2H3. The molecule has 6 nitrogen and oxygen atoms in total. The van der Waals surface area contributed by atoms with Gasteiger partial charge >= 0.3 is 12.1 Å². The Morgan fingerprint density at radius 1 is 0.643 bits per heavy atom. The van der Waals surface area contributed by atoms with E-state index in [0.29, 0.717) is 11.5 Å². The Bertz CT molecular complexity index is 527. The molecular formula is C22H34O6. The van der Waals surface area contributed by atoms with Crippen LogP contribution in [0.15, 0.2) is 60.7 Å². The van der Waals surface area contributed by atoms with Gasteiger partial charge in [0.15, 0.2) is 0 Å². The van der Waals surface area contributed by atoms with Gasteiger partial charge in [0, 0.05) is 21.1 Å². The molecular weight excluding hydrogens is 360 g/mol. The lowest BCUT2D eigenvalue weighted by Crippen LogP contribution is -2.13. The number of para-hydroxylation sites is 2. The first-order valence-electron chi connectivity index (χ1n) is 8.97. The number of hydrogen-bond donors (Lipinski definition) is 0. The second kappa shape index (κ2) is 24.1. The quantitative estimate of drug-likeness (QED) is 0.476. The number of hydrogen-bond acceptors (Lipinski definition) is 6. The summed E-state index contributed by atoms with van der Waals surface area (Å²) in [5.41, 5.74) is 0. The smallest absolute Gasteiger partial charge is 0.469 e. The molecule has 0 aliphatic carbocycles. The fourth-order valence-corrected chi connectivity index (χ4v) is 1.19. The summed E-state index contributed by atoms with van der Waals surface area (Å²) < 4.78 is 18.3. The maximum Gasteiger partial charge on any atom is 0.519 e. The van der Waals surface area contributed by atoms with Crippen LogP contribution >= 0.6 is 0 Å². The second-order valence-corrected chi connectivity index (χ2v) is 4.18. The summed E-state index contributed by atoms with van der Waals surface area (Å²) in [6.07, 6.45) is -0.739. The van der Waals surface area contributed by atoms with Crippen molar-refractivity contribution >= 4 is 12.1 Å². The number of rotatable bonds is 2. The third-order valence-corrected chi connectivity index (χ3v) is 2.18. The summed E-state index contributed by atoms with van der Waals surface area (Å²) in [6, 6.07) is 17.6. The van der Waals surface area contributed by atoms with Crippen LogP contribution in [0.2, 0.25) is 0 Å². The zero-order chi connectivity index (χ0) is 22.2. The first kappa shape index (κ1) is 29.9. The van der Waals surface area contributed by atoms with Crippen LogP contribution in [0.3, 0.4) is 0 Å². The molecule has 0 atom stereocenters. The highest BCUT2D eigenvalue weighted by Gasteiger charge is 2.06. The Hall–Kier alpha value is -2.86. The van der Waals surface area contributed by atoms with E-state index in [1.54, 1.807) is 62.8 Å². The van der Waals surface area contributed by atoms with E-state index in [1.807, 2.05) is 39.8 Å². The largest absolute Gasteiger partial charge is 0.519 e. The molecule has 2 aromatic rings. The molecule has 0 heterocycles. The molecule has 0 unspecified atom stereocenters. The fraction of sp³-hybridized carbons (Fsp3) is 0.364. The van der Waals surface area contributed by atoms with E-state index in [0.717, 1.165) is 0 Å². The van der Waals surface area contributed by atoms with Crippen LogP contribution in [0.5, 0.6) is 11.5 Å². The molecule has 0 saturated carbocycles. The summed E-state index contributed by atoms with van der Waals surface area (Å²) >= 11 is 0. The fourth-order valence-electron chi connectivity index (χ4n) is 1.19. The lowest BCUT2D eigenvalue weighted by atomic mass is 10.3. The zero-order valence-corrected chi connectivity index (χ0v) is 18.2. The Morgan fingerprint density at radius 3 is 1.11 bits per heavy atom. The van der Waals surface area contributed by atoms with Gasteiger partial charge in [-0.1, -0.05) is 64.1 Å². The predicted molar refractivity (Wildman–Crippen MR) is 113 cm³/mol. The van der Waals surface area contributed by atoms with Crippen molar-refractivity contribution in [2.24, 2.45) is 0 Å². The minimum atomic E-state index is -0.739. The van der Waals surface area contributed by atoms with Crippen LogP contribution in [0, 0.1) is 0 Å². The van der Waals surface area contributed by atoms with Gasteiger partial charge in [-0.2, -0.15) is 0 Å². The molecule has 6 heteroatoms. The molecule has 2 rings (SSSR count). The van der Waals surface area contributed by atoms with Crippen molar-refractivity contribution in [3.63, 3.8) is 0 Å². The zero-order valence-electron chi connectivity index (χ0n) is 18.2. The normalized spacial score (nSPS) is 7.71. The molecule has 0 aliphatic heterocycles. The SMILES string of the molecule is CC.CC.COC.COC(C)=O.O=C(Oc1ccccc1)Oc1ccccc1. The highest BCUT2D eigenvalue weighted by atomic mass is 16.7. The molecule has 0 aromatic heterocycles. The Morgan fingerprint density at radius 2 is 0.893 bits per heavy atom. The van der Waals surface area contributed by atoms with E-state index in [9.17, 15) is 9.59 Å². The van der Waals surface area contributed by atoms with Crippen molar-refractivity contribution in [3.05, 3.63) is 60.7 Å². The summed E-state index contributed by atoms with van der Waals surface area (Å²) in [5, 5.41) is 0. The van der Waals surface area contributed by atoms with Crippen LogP contribution in [0.25, 0.3) is 0 Å². The summed E-state index contributed by atoms with van der Waals surface area (Å²) in [7, 11) is 4.60. The minimum absolute atomic E-state index is 0.245. The van der Waals surface area contributed by atoms with E-state index in [2.05, 4.69) is 9.47 Å². The molecule has 0 radical (unpaired) electrons. The number of carbonyl (C=O) groups excluding carboxylic acids is 2. The molecule has 28 heavy (non-hydrogen) atoms. The maximum absolute atomic E-state index is 11.3. The maximum atomic E-state index is 11.3.